The molecule has 0 saturated carbocycles. The van der Waals surface area contributed by atoms with Crippen molar-refractivity contribution in [2.75, 3.05) is 0 Å². The van der Waals surface area contributed by atoms with Crippen molar-refractivity contribution in [3.8, 4) is 5.75 Å². The van der Waals surface area contributed by atoms with Crippen molar-refractivity contribution in [2.24, 2.45) is 0 Å². The standard InChI is InChI=1S/C27H32N5O9P/c1-14(2)38-27(36)15(3)31-42(37,41-19-11-7-9-17-8-5-6-10-18(17)19)40-16(4)23-21(33)22(34)26(39-23)32-13-30-20-24(32)28-12-29-25(20)35/h5-16,21-23,26,33-34H,1-4H3,(H,31,37)(H,28,29,35)/t15?,16?,21?,22?,23-,26-,42?/m1/s1. The number of aromatic amines is 1. The number of aromatic nitrogens is 4. The van der Waals surface area contributed by atoms with E-state index < -0.39 is 62.1 Å². The van der Waals surface area contributed by atoms with Crippen molar-refractivity contribution in [1.82, 2.24) is 24.6 Å². The molecule has 2 aromatic carbocycles. The second-order valence-corrected chi connectivity index (χ2v) is 11.9. The monoisotopic (exact) mass is 601 g/mol. The number of imidazole rings is 1. The minimum Gasteiger partial charge on any atom is -0.462 e. The SMILES string of the molecule is CC(C)OC(=O)C(C)NP(=O)(Oc1cccc2ccccc12)OC(C)[C@H]1O[C@@H](n2cnc3c(=O)[nH]cnc32)C(O)C1O. The fraction of sp³-hybridized carbons (Fsp3) is 0.407. The number of H-pyrrole nitrogens is 1. The normalized spacial score (nSPS) is 23.6. The Balaban J connectivity index is 1.42. The quantitative estimate of drug-likeness (QED) is 0.154. The first-order valence-electron chi connectivity index (χ1n) is 13.3. The molecule has 1 fully saturated rings. The molecular weight excluding hydrogens is 569 g/mol. The van der Waals surface area contributed by atoms with Gasteiger partial charge in [0, 0.05) is 5.39 Å². The molecule has 1 aliphatic rings. The van der Waals surface area contributed by atoms with Crippen LogP contribution in [0, 0.1) is 0 Å². The van der Waals surface area contributed by atoms with Crippen LogP contribution in [0.2, 0.25) is 0 Å². The minimum absolute atomic E-state index is 0.0231. The number of nitrogens with one attached hydrogen (secondary N) is 2. The Morgan fingerprint density at radius 1 is 1.10 bits per heavy atom. The number of rotatable bonds is 10. The van der Waals surface area contributed by atoms with Gasteiger partial charge in [-0.25, -0.2) is 14.5 Å². The first-order chi connectivity index (χ1) is 20.0. The number of ether oxygens (including phenoxy) is 2. The zero-order valence-corrected chi connectivity index (χ0v) is 24.2. The van der Waals surface area contributed by atoms with Gasteiger partial charge in [-0.15, -0.1) is 0 Å². The molecule has 5 unspecified atom stereocenters. The number of benzene rings is 2. The Bertz CT molecular complexity index is 1690. The van der Waals surface area contributed by atoms with Gasteiger partial charge in [-0.05, 0) is 39.1 Å². The van der Waals surface area contributed by atoms with Crippen LogP contribution >= 0.6 is 7.75 Å². The summed E-state index contributed by atoms with van der Waals surface area (Å²) < 4.78 is 38.7. The van der Waals surface area contributed by atoms with Crippen molar-refractivity contribution in [3.05, 3.63) is 65.5 Å². The van der Waals surface area contributed by atoms with E-state index in [-0.39, 0.29) is 16.9 Å². The summed E-state index contributed by atoms with van der Waals surface area (Å²) in [6, 6.07) is 11.4. The van der Waals surface area contributed by atoms with Gasteiger partial charge in [0.05, 0.1) is 24.9 Å². The van der Waals surface area contributed by atoms with Crippen LogP contribution < -0.4 is 15.2 Å². The van der Waals surface area contributed by atoms with E-state index >= 15 is 0 Å². The van der Waals surface area contributed by atoms with Gasteiger partial charge < -0.3 is 29.2 Å². The van der Waals surface area contributed by atoms with E-state index in [4.69, 9.17) is 18.5 Å². The summed E-state index contributed by atoms with van der Waals surface area (Å²) in [7, 11) is -4.38. The summed E-state index contributed by atoms with van der Waals surface area (Å²) in [5.74, 6) is -0.447. The number of hydrogen-bond acceptors (Lipinski definition) is 11. The third-order valence-corrected chi connectivity index (χ3v) is 8.46. The number of carbonyl (C=O) groups excluding carboxylic acids is 1. The van der Waals surface area contributed by atoms with Crippen LogP contribution in [0.25, 0.3) is 21.9 Å². The molecule has 15 heteroatoms. The zero-order chi connectivity index (χ0) is 30.2. The number of hydrogen-bond donors (Lipinski definition) is 4. The molecule has 1 aliphatic heterocycles. The topological polar surface area (TPSA) is 187 Å². The molecule has 224 valence electrons. The Morgan fingerprint density at radius 2 is 1.83 bits per heavy atom. The van der Waals surface area contributed by atoms with Gasteiger partial charge in [-0.2, -0.15) is 5.09 Å². The van der Waals surface area contributed by atoms with Gasteiger partial charge in [0.15, 0.2) is 17.4 Å². The summed E-state index contributed by atoms with van der Waals surface area (Å²) in [4.78, 5) is 35.2. The molecule has 0 radical (unpaired) electrons. The highest BCUT2D eigenvalue weighted by Crippen LogP contribution is 2.49. The maximum Gasteiger partial charge on any atom is 0.459 e. The molecule has 14 nitrogen and oxygen atoms in total. The molecule has 2 aromatic heterocycles. The lowest BCUT2D eigenvalue weighted by Gasteiger charge is -2.29. The average Bonchev–Trinajstić information content (AvgIpc) is 3.50. The Kier molecular flexibility index (Phi) is 8.46. The van der Waals surface area contributed by atoms with Gasteiger partial charge in [0.25, 0.3) is 5.56 Å². The van der Waals surface area contributed by atoms with Crippen LogP contribution in [0.1, 0.15) is 33.9 Å². The fourth-order valence-corrected chi connectivity index (χ4v) is 6.45. The van der Waals surface area contributed by atoms with E-state index in [1.165, 1.54) is 31.1 Å². The summed E-state index contributed by atoms with van der Waals surface area (Å²) in [5.41, 5.74) is -0.328. The Morgan fingerprint density at radius 3 is 2.60 bits per heavy atom. The maximum atomic E-state index is 14.3. The maximum absolute atomic E-state index is 14.3. The van der Waals surface area contributed by atoms with Crippen molar-refractivity contribution in [1.29, 1.82) is 0 Å². The lowest BCUT2D eigenvalue weighted by atomic mass is 10.1. The third-order valence-electron chi connectivity index (χ3n) is 6.71. The highest BCUT2D eigenvalue weighted by atomic mass is 31.2. The van der Waals surface area contributed by atoms with E-state index in [1.54, 1.807) is 38.1 Å². The van der Waals surface area contributed by atoms with Gasteiger partial charge in [-0.3, -0.25) is 18.7 Å². The highest BCUT2D eigenvalue weighted by Gasteiger charge is 2.49. The third kappa shape index (κ3) is 5.95. The number of aliphatic hydroxyl groups excluding tert-OH is 2. The van der Waals surface area contributed by atoms with Gasteiger partial charge in [0.2, 0.25) is 0 Å². The van der Waals surface area contributed by atoms with Crippen LogP contribution in [0.3, 0.4) is 0 Å². The molecule has 0 spiro atoms. The summed E-state index contributed by atoms with van der Waals surface area (Å²) in [6.45, 7) is 6.31. The van der Waals surface area contributed by atoms with E-state index in [1.807, 2.05) is 18.2 Å². The lowest BCUT2D eigenvalue weighted by Crippen LogP contribution is -2.41. The molecule has 0 bridgehead atoms. The van der Waals surface area contributed by atoms with Gasteiger partial charge in [-0.1, -0.05) is 36.4 Å². The minimum atomic E-state index is -4.38. The number of aliphatic hydroxyl groups is 2. The number of fused-ring (bicyclic) bond motifs is 2. The number of carbonyl (C=O) groups is 1. The molecule has 5 rings (SSSR count). The van der Waals surface area contributed by atoms with Gasteiger partial charge in [0.1, 0.15) is 30.1 Å². The van der Waals surface area contributed by atoms with Crippen molar-refractivity contribution in [2.45, 2.75) is 70.5 Å². The van der Waals surface area contributed by atoms with Crippen LogP contribution in [0.5, 0.6) is 5.75 Å². The molecule has 7 atom stereocenters. The second kappa shape index (κ2) is 11.9. The first kappa shape index (κ1) is 29.8. The molecule has 1 saturated heterocycles. The summed E-state index contributed by atoms with van der Waals surface area (Å²) >= 11 is 0. The van der Waals surface area contributed by atoms with Crippen LogP contribution in [-0.4, -0.2) is 72.3 Å². The summed E-state index contributed by atoms with van der Waals surface area (Å²) in [5, 5.41) is 25.9. The zero-order valence-electron chi connectivity index (χ0n) is 23.3. The molecule has 0 amide bonds. The van der Waals surface area contributed by atoms with Crippen molar-refractivity contribution in [3.63, 3.8) is 0 Å². The van der Waals surface area contributed by atoms with E-state index in [9.17, 15) is 24.4 Å². The molecular formula is C27H32N5O9P. The first-order valence-corrected chi connectivity index (χ1v) is 14.9. The summed E-state index contributed by atoms with van der Waals surface area (Å²) in [6.07, 6.45) is -4.50. The van der Waals surface area contributed by atoms with E-state index in [2.05, 4.69) is 20.0 Å². The van der Waals surface area contributed by atoms with E-state index in [0.29, 0.717) is 5.39 Å². The van der Waals surface area contributed by atoms with Crippen molar-refractivity contribution >= 4 is 35.7 Å². The molecule has 0 aliphatic carbocycles. The predicted octanol–water partition coefficient (Wildman–Crippen LogP) is 2.41. The molecule has 4 N–H and O–H groups in total. The number of nitrogens with zero attached hydrogens (tertiary/aromatic N) is 3. The van der Waals surface area contributed by atoms with Crippen LogP contribution in [0.4, 0.5) is 0 Å². The lowest BCUT2D eigenvalue weighted by molar-refractivity contribution is -0.149. The smallest absolute Gasteiger partial charge is 0.459 e. The van der Waals surface area contributed by atoms with Crippen LogP contribution in [0.15, 0.2) is 59.9 Å². The highest BCUT2D eigenvalue weighted by molar-refractivity contribution is 7.52. The Labute approximate surface area is 240 Å². The molecule has 4 aromatic rings. The van der Waals surface area contributed by atoms with Gasteiger partial charge >= 0.3 is 13.7 Å². The molecule has 3 heterocycles. The molecule has 42 heavy (non-hydrogen) atoms. The number of esters is 1. The van der Waals surface area contributed by atoms with Crippen LogP contribution in [-0.2, 0) is 23.4 Å². The van der Waals surface area contributed by atoms with Crippen molar-refractivity contribution < 1.29 is 38.1 Å². The second-order valence-electron chi connectivity index (χ2n) is 10.2. The fourth-order valence-electron chi connectivity index (χ4n) is 4.74. The van der Waals surface area contributed by atoms with E-state index in [0.717, 1.165) is 5.39 Å². The Hall–Kier alpha value is -3.65. The predicted molar refractivity (Wildman–Crippen MR) is 151 cm³/mol. The average molecular weight is 602 g/mol. The largest absolute Gasteiger partial charge is 0.462 e.